The fraction of sp³-hybridized carbons (Fsp3) is 0.200. The summed E-state index contributed by atoms with van der Waals surface area (Å²) in [6, 6.07) is 12.8. The fourth-order valence-electron chi connectivity index (χ4n) is 2.13. The van der Waals surface area contributed by atoms with Crippen molar-refractivity contribution in [3.05, 3.63) is 59.1 Å². The van der Waals surface area contributed by atoms with Gasteiger partial charge in [-0.1, -0.05) is 54.1 Å². The fourth-order valence-corrected chi connectivity index (χ4v) is 2.22. The molecule has 1 nitrogen and oxygen atoms in total. The molecule has 0 aromatic heterocycles. The molecule has 0 saturated carbocycles. The van der Waals surface area contributed by atoms with Crippen LogP contribution in [0.15, 0.2) is 48.0 Å². The van der Waals surface area contributed by atoms with E-state index in [2.05, 4.69) is 41.7 Å². The Morgan fingerprint density at radius 3 is 2.76 bits per heavy atom. The summed E-state index contributed by atoms with van der Waals surface area (Å²) >= 11 is 5.60. The number of hydrogen-bond acceptors (Lipinski definition) is 1. The van der Waals surface area contributed by atoms with E-state index in [4.69, 9.17) is 11.6 Å². The van der Waals surface area contributed by atoms with Crippen molar-refractivity contribution in [2.75, 3.05) is 7.05 Å². The van der Waals surface area contributed by atoms with Crippen molar-refractivity contribution in [1.82, 2.24) is 5.32 Å². The first-order valence-electron chi connectivity index (χ1n) is 5.76. The molecule has 0 fully saturated rings. The van der Waals surface area contributed by atoms with Gasteiger partial charge in [0.2, 0.25) is 0 Å². The van der Waals surface area contributed by atoms with E-state index in [1.54, 1.807) is 5.54 Å². The molecule has 0 bridgehead atoms. The summed E-state index contributed by atoms with van der Waals surface area (Å²) in [5.74, 6) is 0. The molecule has 88 valence electrons. The smallest absolute Gasteiger partial charge is 0.0211 e. The summed E-state index contributed by atoms with van der Waals surface area (Å²) in [7, 11) is 1.98. The number of fused-ring (bicyclic) bond motifs is 1. The molecule has 0 heterocycles. The van der Waals surface area contributed by atoms with E-state index in [0.29, 0.717) is 0 Å². The summed E-state index contributed by atoms with van der Waals surface area (Å²) in [6.45, 7) is 0.882. The molecule has 2 rings (SSSR count). The van der Waals surface area contributed by atoms with Crippen LogP contribution in [-0.4, -0.2) is 7.05 Å². The van der Waals surface area contributed by atoms with E-state index in [9.17, 15) is 0 Å². The zero-order valence-electron chi connectivity index (χ0n) is 9.91. The molecular weight excluding hydrogens is 230 g/mol. The summed E-state index contributed by atoms with van der Waals surface area (Å²) < 4.78 is 0. The zero-order chi connectivity index (χ0) is 12.1. The van der Waals surface area contributed by atoms with Crippen LogP contribution >= 0.6 is 11.6 Å². The van der Waals surface area contributed by atoms with Gasteiger partial charge in [-0.05, 0) is 35.4 Å². The number of allylic oxidation sites excluding steroid dienone is 1. The second-order valence-electron chi connectivity index (χ2n) is 4.02. The minimum absolute atomic E-state index is 0.880. The largest absolute Gasteiger partial charge is 0.316 e. The van der Waals surface area contributed by atoms with Crippen molar-refractivity contribution in [2.45, 2.75) is 13.0 Å². The van der Waals surface area contributed by atoms with Crippen LogP contribution in [-0.2, 0) is 13.0 Å². The molecule has 0 aliphatic carbocycles. The Labute approximate surface area is 107 Å². The Balaban J connectivity index is 2.55. The molecular formula is C15H16ClN. The average molecular weight is 246 g/mol. The first-order valence-corrected chi connectivity index (χ1v) is 6.19. The van der Waals surface area contributed by atoms with Crippen molar-refractivity contribution in [2.24, 2.45) is 0 Å². The molecule has 2 aromatic carbocycles. The molecule has 0 saturated heterocycles. The van der Waals surface area contributed by atoms with E-state index < -0.39 is 0 Å². The lowest BCUT2D eigenvalue weighted by molar-refractivity contribution is 0.815. The monoisotopic (exact) mass is 245 g/mol. The van der Waals surface area contributed by atoms with Crippen LogP contribution in [0.4, 0.5) is 0 Å². The minimum atomic E-state index is 0.880. The molecule has 1 N–H and O–H groups in total. The SMILES string of the molecule is CNCc1c(C/C=C/Cl)ccc2ccccc12. The van der Waals surface area contributed by atoms with Gasteiger partial charge >= 0.3 is 0 Å². The van der Waals surface area contributed by atoms with Gasteiger partial charge in [0, 0.05) is 12.1 Å². The first kappa shape index (κ1) is 12.2. The van der Waals surface area contributed by atoms with E-state index in [1.807, 2.05) is 13.1 Å². The molecule has 17 heavy (non-hydrogen) atoms. The van der Waals surface area contributed by atoms with Gasteiger partial charge < -0.3 is 5.32 Å². The molecule has 0 radical (unpaired) electrons. The second-order valence-corrected chi connectivity index (χ2v) is 4.27. The normalized spacial score (nSPS) is 11.4. The maximum Gasteiger partial charge on any atom is 0.0211 e. The lowest BCUT2D eigenvalue weighted by atomic mass is 9.97. The molecule has 0 unspecified atom stereocenters. The summed E-state index contributed by atoms with van der Waals surface area (Å²) in [5.41, 5.74) is 4.27. The molecule has 2 aromatic rings. The molecule has 0 spiro atoms. The Kier molecular flexibility index (Phi) is 4.18. The van der Waals surface area contributed by atoms with Crippen LogP contribution in [0.2, 0.25) is 0 Å². The number of benzene rings is 2. The summed E-state index contributed by atoms with van der Waals surface area (Å²) in [6.07, 6.45) is 2.86. The third-order valence-corrected chi connectivity index (χ3v) is 3.10. The van der Waals surface area contributed by atoms with Gasteiger partial charge in [0.1, 0.15) is 0 Å². The highest BCUT2D eigenvalue weighted by atomic mass is 35.5. The van der Waals surface area contributed by atoms with Gasteiger partial charge in [-0.2, -0.15) is 0 Å². The quantitative estimate of drug-likeness (QED) is 0.863. The van der Waals surface area contributed by atoms with Gasteiger partial charge in [-0.25, -0.2) is 0 Å². The highest BCUT2D eigenvalue weighted by Gasteiger charge is 2.05. The lowest BCUT2D eigenvalue weighted by Crippen LogP contribution is -2.08. The minimum Gasteiger partial charge on any atom is -0.316 e. The van der Waals surface area contributed by atoms with Crippen molar-refractivity contribution in [3.63, 3.8) is 0 Å². The number of hydrogen-bond donors (Lipinski definition) is 1. The van der Waals surface area contributed by atoms with Gasteiger partial charge in [-0.3, -0.25) is 0 Å². The van der Waals surface area contributed by atoms with Gasteiger partial charge in [0.05, 0.1) is 0 Å². The van der Waals surface area contributed by atoms with Crippen LogP contribution in [0, 0.1) is 0 Å². The Morgan fingerprint density at radius 1 is 1.18 bits per heavy atom. The number of nitrogens with one attached hydrogen (secondary N) is 1. The van der Waals surface area contributed by atoms with E-state index in [1.165, 1.54) is 21.9 Å². The molecule has 0 amide bonds. The van der Waals surface area contributed by atoms with Crippen LogP contribution in [0.5, 0.6) is 0 Å². The molecule has 0 atom stereocenters. The maximum absolute atomic E-state index is 5.60. The lowest BCUT2D eigenvalue weighted by Gasteiger charge is -2.11. The molecule has 0 aliphatic heterocycles. The van der Waals surface area contributed by atoms with E-state index in [-0.39, 0.29) is 0 Å². The predicted molar refractivity (Wildman–Crippen MR) is 75.4 cm³/mol. The highest BCUT2D eigenvalue weighted by Crippen LogP contribution is 2.23. The maximum atomic E-state index is 5.60. The van der Waals surface area contributed by atoms with Crippen LogP contribution < -0.4 is 5.32 Å². The van der Waals surface area contributed by atoms with Crippen LogP contribution in [0.25, 0.3) is 10.8 Å². The Morgan fingerprint density at radius 2 is 2.00 bits per heavy atom. The van der Waals surface area contributed by atoms with Gasteiger partial charge in [0.15, 0.2) is 0 Å². The topological polar surface area (TPSA) is 12.0 Å². The van der Waals surface area contributed by atoms with Gasteiger partial charge in [0.25, 0.3) is 0 Å². The summed E-state index contributed by atoms with van der Waals surface area (Å²) in [4.78, 5) is 0. The third-order valence-electron chi connectivity index (χ3n) is 2.92. The number of halogens is 1. The van der Waals surface area contributed by atoms with Crippen molar-refractivity contribution >= 4 is 22.4 Å². The molecule has 0 aliphatic rings. The van der Waals surface area contributed by atoms with Crippen molar-refractivity contribution in [3.8, 4) is 0 Å². The van der Waals surface area contributed by atoms with Crippen molar-refractivity contribution in [1.29, 1.82) is 0 Å². The zero-order valence-corrected chi connectivity index (χ0v) is 10.7. The second kappa shape index (κ2) is 5.85. The van der Waals surface area contributed by atoms with Crippen molar-refractivity contribution < 1.29 is 0 Å². The Hall–Kier alpha value is -1.31. The van der Waals surface area contributed by atoms with E-state index >= 15 is 0 Å². The standard InChI is InChI=1S/C15H16ClN/c1-17-11-15-13(6-4-10-16)9-8-12-5-2-3-7-14(12)15/h2-5,7-10,17H,6,11H2,1H3/b10-4+. The average Bonchev–Trinajstić information content (AvgIpc) is 2.38. The van der Waals surface area contributed by atoms with Crippen LogP contribution in [0.1, 0.15) is 11.1 Å². The van der Waals surface area contributed by atoms with Crippen LogP contribution in [0.3, 0.4) is 0 Å². The van der Waals surface area contributed by atoms with E-state index in [0.717, 1.165) is 13.0 Å². The Bertz CT molecular complexity index is 531. The molecule has 2 heteroatoms. The third kappa shape index (κ3) is 2.68. The number of rotatable bonds is 4. The summed E-state index contributed by atoms with van der Waals surface area (Å²) in [5, 5.41) is 5.85. The highest BCUT2D eigenvalue weighted by molar-refractivity contribution is 6.25. The van der Waals surface area contributed by atoms with Gasteiger partial charge in [-0.15, -0.1) is 0 Å². The predicted octanol–water partition coefficient (Wildman–Crippen LogP) is 3.85. The first-order chi connectivity index (χ1) is 8.36.